The first kappa shape index (κ1) is 14.5. The van der Waals surface area contributed by atoms with E-state index >= 15 is 0 Å². The van der Waals surface area contributed by atoms with Crippen molar-refractivity contribution in [3.8, 4) is 11.4 Å². The molecule has 0 aliphatic carbocycles. The fourth-order valence-corrected chi connectivity index (χ4v) is 2.35. The van der Waals surface area contributed by atoms with E-state index in [0.29, 0.717) is 5.75 Å². The van der Waals surface area contributed by atoms with Crippen molar-refractivity contribution in [3.63, 3.8) is 0 Å². The molecule has 0 saturated heterocycles. The Morgan fingerprint density at radius 3 is 2.65 bits per heavy atom. The van der Waals surface area contributed by atoms with E-state index in [4.69, 9.17) is 4.74 Å². The van der Waals surface area contributed by atoms with Crippen LogP contribution in [0.2, 0.25) is 0 Å². The highest BCUT2D eigenvalue weighted by Gasteiger charge is 2.26. The number of H-pyrrole nitrogens is 1. The summed E-state index contributed by atoms with van der Waals surface area (Å²) in [4.78, 5) is 35.1. The molecule has 1 N–H and O–H groups in total. The molecule has 0 atom stereocenters. The lowest BCUT2D eigenvalue weighted by Gasteiger charge is -2.09. The molecule has 0 saturated carbocycles. The number of hydrogen-bond acceptors (Lipinski definition) is 6. The molecule has 0 spiro atoms. The molecule has 0 fully saturated rings. The average molecular weight is 317 g/mol. The smallest absolute Gasteiger partial charge is 0.369 e. The van der Waals surface area contributed by atoms with Gasteiger partial charge in [0.1, 0.15) is 17.1 Å². The van der Waals surface area contributed by atoms with Crippen LogP contribution < -0.4 is 16.0 Å². The van der Waals surface area contributed by atoms with Crippen molar-refractivity contribution in [2.45, 2.75) is 6.92 Å². The van der Waals surface area contributed by atoms with Crippen molar-refractivity contribution >= 4 is 11.2 Å². The number of aryl methyl sites for hydroxylation is 1. The topological polar surface area (TPSA) is 125 Å². The second-order valence-electron chi connectivity index (χ2n) is 4.68. The van der Waals surface area contributed by atoms with Crippen molar-refractivity contribution in [2.24, 2.45) is 0 Å². The second-order valence-corrected chi connectivity index (χ2v) is 4.68. The van der Waals surface area contributed by atoms with Crippen LogP contribution in [0.25, 0.3) is 11.2 Å². The summed E-state index contributed by atoms with van der Waals surface area (Å²) < 4.78 is 6.81. The van der Waals surface area contributed by atoms with Crippen molar-refractivity contribution < 1.29 is 9.66 Å². The van der Waals surface area contributed by atoms with E-state index < -0.39 is 27.4 Å². The minimum atomic E-state index is -0.803. The van der Waals surface area contributed by atoms with Gasteiger partial charge in [-0.3, -0.25) is 20.0 Å². The molecule has 10 nitrogen and oxygen atoms in total. The van der Waals surface area contributed by atoms with Gasteiger partial charge in [0.25, 0.3) is 5.56 Å². The maximum Gasteiger partial charge on any atom is 0.369 e. The number of methoxy groups -OCH3 is 1. The molecule has 3 aromatic rings. The first-order valence-corrected chi connectivity index (χ1v) is 6.48. The Balaban J connectivity index is 2.43. The molecular weight excluding hydrogens is 306 g/mol. The van der Waals surface area contributed by atoms with E-state index in [0.717, 1.165) is 9.20 Å². The molecule has 0 aliphatic heterocycles. The van der Waals surface area contributed by atoms with E-state index in [1.165, 1.54) is 14.0 Å². The van der Waals surface area contributed by atoms with Gasteiger partial charge in [0.15, 0.2) is 0 Å². The van der Waals surface area contributed by atoms with Crippen LogP contribution >= 0.6 is 0 Å². The molecule has 10 heteroatoms. The predicted octanol–water partition coefficient (Wildman–Crippen LogP) is 0.399. The minimum absolute atomic E-state index is 0.0182. The van der Waals surface area contributed by atoms with Gasteiger partial charge in [0, 0.05) is 0 Å². The molecule has 0 radical (unpaired) electrons. The van der Waals surface area contributed by atoms with E-state index in [1.54, 1.807) is 24.3 Å². The molecule has 0 unspecified atom stereocenters. The number of hydrogen-bond donors (Lipinski definition) is 1. The predicted molar refractivity (Wildman–Crippen MR) is 79.4 cm³/mol. The monoisotopic (exact) mass is 317 g/mol. The standard InChI is InChI=1S/C13H11N5O5/c1-7-10(18(21)22)11-12(19)15-16(13(20)17(11)14-7)8-5-3-4-6-9(8)23-2/h3-6H,1-2H3,(H,15,19). The summed E-state index contributed by atoms with van der Waals surface area (Å²) in [5.41, 5.74) is -2.17. The van der Waals surface area contributed by atoms with E-state index in [1.807, 2.05) is 0 Å². The van der Waals surface area contributed by atoms with Crippen molar-refractivity contribution in [1.82, 2.24) is 19.4 Å². The molecule has 3 rings (SSSR count). The normalized spacial score (nSPS) is 10.9. The second kappa shape index (κ2) is 5.09. The zero-order valence-electron chi connectivity index (χ0n) is 12.1. The van der Waals surface area contributed by atoms with Crippen LogP contribution in [0.3, 0.4) is 0 Å². The summed E-state index contributed by atoms with van der Waals surface area (Å²) in [7, 11) is 1.42. The Bertz CT molecular complexity index is 1050. The Morgan fingerprint density at radius 1 is 1.30 bits per heavy atom. The molecule has 1 aromatic carbocycles. The Labute approximate surface area is 127 Å². The van der Waals surface area contributed by atoms with Crippen LogP contribution in [-0.2, 0) is 0 Å². The van der Waals surface area contributed by atoms with Gasteiger partial charge in [0.05, 0.1) is 12.0 Å². The van der Waals surface area contributed by atoms with Gasteiger partial charge >= 0.3 is 11.4 Å². The molecule has 118 valence electrons. The Kier molecular flexibility index (Phi) is 3.21. The molecule has 0 aliphatic rings. The van der Waals surface area contributed by atoms with Gasteiger partial charge in [-0.1, -0.05) is 12.1 Å². The number of benzene rings is 1. The molecule has 2 heterocycles. The van der Waals surface area contributed by atoms with Crippen LogP contribution in [0.1, 0.15) is 5.69 Å². The summed E-state index contributed by atoms with van der Waals surface area (Å²) in [6.07, 6.45) is 0. The van der Waals surface area contributed by atoms with Crippen LogP contribution in [0.4, 0.5) is 5.69 Å². The SMILES string of the molecule is COc1ccccc1-n1[nH]c(=O)c2c([N+](=O)[O-])c(C)nn2c1=O. The number of rotatable bonds is 3. The largest absolute Gasteiger partial charge is 0.494 e. The van der Waals surface area contributed by atoms with Crippen LogP contribution in [0, 0.1) is 17.0 Å². The lowest BCUT2D eigenvalue weighted by atomic mass is 10.3. The zero-order chi connectivity index (χ0) is 16.7. The molecular formula is C13H11N5O5. The summed E-state index contributed by atoms with van der Waals surface area (Å²) in [6.45, 7) is 1.36. The van der Waals surface area contributed by atoms with Crippen molar-refractivity contribution in [1.29, 1.82) is 0 Å². The Hall–Kier alpha value is -3.43. The van der Waals surface area contributed by atoms with Gasteiger partial charge in [-0.05, 0) is 19.1 Å². The third kappa shape index (κ3) is 2.08. The van der Waals surface area contributed by atoms with Crippen molar-refractivity contribution in [2.75, 3.05) is 7.11 Å². The van der Waals surface area contributed by atoms with E-state index in [2.05, 4.69) is 10.2 Å². The molecule has 2 aromatic heterocycles. The number of aromatic nitrogens is 4. The van der Waals surface area contributed by atoms with Gasteiger partial charge in [-0.25, -0.2) is 4.79 Å². The molecule has 23 heavy (non-hydrogen) atoms. The highest BCUT2D eigenvalue weighted by molar-refractivity contribution is 5.65. The number of nitrogens with zero attached hydrogens (tertiary/aromatic N) is 4. The number of nitro groups is 1. The highest BCUT2D eigenvalue weighted by atomic mass is 16.6. The number of fused-ring (bicyclic) bond motifs is 1. The maximum absolute atomic E-state index is 12.6. The minimum Gasteiger partial charge on any atom is -0.494 e. The number of aromatic amines is 1. The molecule has 0 amide bonds. The van der Waals surface area contributed by atoms with E-state index in [9.17, 15) is 19.7 Å². The lowest BCUT2D eigenvalue weighted by molar-refractivity contribution is -0.383. The fraction of sp³-hybridized carbons (Fsp3) is 0.154. The third-order valence-electron chi connectivity index (χ3n) is 3.34. The van der Waals surface area contributed by atoms with E-state index in [-0.39, 0.29) is 11.4 Å². The van der Waals surface area contributed by atoms with Gasteiger partial charge in [-0.2, -0.15) is 14.3 Å². The number of nitrogens with one attached hydrogen (secondary N) is 1. The summed E-state index contributed by atoms with van der Waals surface area (Å²) in [5.74, 6) is 0.350. The number of ether oxygens (including phenoxy) is 1. The highest BCUT2D eigenvalue weighted by Crippen LogP contribution is 2.21. The lowest BCUT2D eigenvalue weighted by Crippen LogP contribution is -2.34. The van der Waals surface area contributed by atoms with Crippen LogP contribution in [0.5, 0.6) is 5.75 Å². The van der Waals surface area contributed by atoms with Gasteiger partial charge in [0.2, 0.25) is 5.52 Å². The summed E-state index contributed by atoms with van der Waals surface area (Å²) in [6, 6.07) is 6.53. The quantitative estimate of drug-likeness (QED) is 0.550. The first-order valence-electron chi connectivity index (χ1n) is 6.48. The van der Waals surface area contributed by atoms with Gasteiger partial charge < -0.3 is 4.74 Å². The van der Waals surface area contributed by atoms with Crippen molar-refractivity contribution in [3.05, 3.63) is 60.9 Å². The first-order chi connectivity index (χ1) is 11.0. The zero-order valence-corrected chi connectivity index (χ0v) is 12.1. The van der Waals surface area contributed by atoms with Gasteiger partial charge in [-0.15, -0.1) is 0 Å². The number of para-hydroxylation sites is 2. The van der Waals surface area contributed by atoms with Crippen LogP contribution in [-0.4, -0.2) is 31.4 Å². The summed E-state index contributed by atoms with van der Waals surface area (Å²) >= 11 is 0. The third-order valence-corrected chi connectivity index (χ3v) is 3.34. The average Bonchev–Trinajstić information content (AvgIpc) is 2.89. The summed E-state index contributed by atoms with van der Waals surface area (Å²) in [5, 5.41) is 17.2. The van der Waals surface area contributed by atoms with Crippen LogP contribution in [0.15, 0.2) is 33.9 Å². The molecule has 0 bridgehead atoms. The Morgan fingerprint density at radius 2 is 2.00 bits per heavy atom. The maximum atomic E-state index is 12.6. The fourth-order valence-electron chi connectivity index (χ4n) is 2.35.